The summed E-state index contributed by atoms with van der Waals surface area (Å²) in [5.41, 5.74) is 4.38. The number of hydrogen-bond donors (Lipinski definition) is 1. The number of aryl methyl sites for hydroxylation is 1. The lowest BCUT2D eigenvalue weighted by Crippen LogP contribution is -2.27. The average Bonchev–Trinajstić information content (AvgIpc) is 3.13. The van der Waals surface area contributed by atoms with Crippen LogP contribution in [0.25, 0.3) is 17.1 Å². The van der Waals surface area contributed by atoms with Crippen LogP contribution in [0.3, 0.4) is 0 Å². The summed E-state index contributed by atoms with van der Waals surface area (Å²) in [4.78, 5) is 4.86. The first kappa shape index (κ1) is 17.2. The van der Waals surface area contributed by atoms with E-state index in [2.05, 4.69) is 52.6 Å². The van der Waals surface area contributed by atoms with Crippen LogP contribution in [0.1, 0.15) is 5.56 Å². The molecule has 1 N–H and O–H groups in total. The number of nitrogens with zero attached hydrogens (tertiary/aromatic N) is 2. The van der Waals surface area contributed by atoms with E-state index < -0.39 is 0 Å². The van der Waals surface area contributed by atoms with E-state index in [1.165, 1.54) is 5.56 Å². The van der Waals surface area contributed by atoms with E-state index in [-0.39, 0.29) is 0 Å². The van der Waals surface area contributed by atoms with Crippen molar-refractivity contribution in [3.63, 3.8) is 0 Å². The number of rotatable bonds is 5. The first-order valence-electron chi connectivity index (χ1n) is 8.70. The van der Waals surface area contributed by atoms with E-state index in [4.69, 9.17) is 9.72 Å². The van der Waals surface area contributed by atoms with Gasteiger partial charge in [0.25, 0.3) is 0 Å². The molecule has 3 aromatic carbocycles. The number of hydrogen-bond acceptors (Lipinski definition) is 4. The Morgan fingerprint density at radius 2 is 1.59 bits per heavy atom. The van der Waals surface area contributed by atoms with Crippen molar-refractivity contribution in [2.45, 2.75) is 6.92 Å². The van der Waals surface area contributed by atoms with Gasteiger partial charge in [-0.25, -0.2) is 0 Å². The van der Waals surface area contributed by atoms with Crippen molar-refractivity contribution in [1.82, 2.24) is 4.98 Å². The number of ether oxygens (including phenoxy) is 1. The summed E-state index contributed by atoms with van der Waals surface area (Å²) >= 11 is 1.58. The molecule has 0 atom stereocenters. The summed E-state index contributed by atoms with van der Waals surface area (Å²) in [5.74, 6) is 1.75. The lowest BCUT2D eigenvalue weighted by atomic mass is 10.1. The van der Waals surface area contributed by atoms with E-state index in [1.54, 1.807) is 18.6 Å². The normalized spacial score (nSPS) is 10.6. The number of benzene rings is 3. The minimum Gasteiger partial charge on any atom is -0.497 e. The molecule has 0 aliphatic rings. The second-order valence-electron chi connectivity index (χ2n) is 6.18. The highest BCUT2D eigenvalue weighted by atomic mass is 32.1. The highest BCUT2D eigenvalue weighted by Crippen LogP contribution is 2.25. The predicted octanol–water partition coefficient (Wildman–Crippen LogP) is 5.15. The first-order chi connectivity index (χ1) is 13.2. The van der Waals surface area contributed by atoms with E-state index in [0.717, 1.165) is 33.6 Å². The molecule has 0 unspecified atom stereocenters. The number of methoxy groups -OCH3 is 1. The molecule has 1 aromatic heterocycles. The third-order valence-electron chi connectivity index (χ3n) is 4.22. The fourth-order valence-corrected chi connectivity index (χ4v) is 3.69. The molecule has 4 aromatic rings. The summed E-state index contributed by atoms with van der Waals surface area (Å²) in [6, 6.07) is 26.6. The molecule has 0 saturated heterocycles. The smallest absolute Gasteiger partial charge is 0.350 e. The van der Waals surface area contributed by atoms with E-state index in [9.17, 15) is 0 Å². The Balaban J connectivity index is 1.73. The van der Waals surface area contributed by atoms with Gasteiger partial charge in [-0.3, -0.25) is 0 Å². The largest absolute Gasteiger partial charge is 0.497 e. The Morgan fingerprint density at radius 3 is 2.26 bits per heavy atom. The molecule has 0 aliphatic carbocycles. The zero-order chi connectivity index (χ0) is 18.6. The van der Waals surface area contributed by atoms with Gasteiger partial charge < -0.3 is 10.1 Å². The second kappa shape index (κ2) is 7.60. The van der Waals surface area contributed by atoms with Crippen molar-refractivity contribution in [1.29, 1.82) is 0 Å². The summed E-state index contributed by atoms with van der Waals surface area (Å²) < 4.78 is 7.37. The molecule has 0 bridgehead atoms. The lowest BCUT2D eigenvalue weighted by molar-refractivity contribution is -0.509. The van der Waals surface area contributed by atoms with Crippen molar-refractivity contribution in [2.75, 3.05) is 12.4 Å². The standard InChI is InChI=1S/C22H19N3OS/c1-16-8-10-17(11-9-16)21-24-22(23-18-12-14-20(26-2)15-13-18)27-25(21)19-6-4-3-5-7-19/h3-15H,1-2H3/p+1. The second-order valence-corrected chi connectivity index (χ2v) is 7.12. The molecule has 0 saturated carbocycles. The van der Waals surface area contributed by atoms with Gasteiger partial charge in [0.2, 0.25) is 0 Å². The molecule has 134 valence electrons. The van der Waals surface area contributed by atoms with Gasteiger partial charge in [-0.15, -0.1) is 3.96 Å². The third-order valence-corrected chi connectivity index (χ3v) is 5.15. The molecule has 0 spiro atoms. The number of nitrogens with one attached hydrogen (secondary N) is 1. The molecule has 5 heteroatoms. The lowest BCUT2D eigenvalue weighted by Gasteiger charge is -2.01. The quantitative estimate of drug-likeness (QED) is 0.491. The monoisotopic (exact) mass is 374 g/mol. The van der Waals surface area contributed by atoms with Crippen LogP contribution in [-0.2, 0) is 0 Å². The Bertz CT molecular complexity index is 1030. The topological polar surface area (TPSA) is 38.0 Å². The van der Waals surface area contributed by atoms with Crippen LogP contribution in [0.15, 0.2) is 78.9 Å². The number of anilines is 2. The summed E-state index contributed by atoms with van der Waals surface area (Å²) in [6.07, 6.45) is 0. The predicted molar refractivity (Wildman–Crippen MR) is 110 cm³/mol. The van der Waals surface area contributed by atoms with Crippen LogP contribution in [0.4, 0.5) is 10.8 Å². The van der Waals surface area contributed by atoms with E-state index >= 15 is 0 Å². The number of para-hydroxylation sites is 1. The Hall–Kier alpha value is -3.18. The molecule has 0 amide bonds. The van der Waals surface area contributed by atoms with Crippen molar-refractivity contribution < 1.29 is 8.69 Å². The third kappa shape index (κ3) is 3.83. The maximum Gasteiger partial charge on any atom is 0.350 e. The average molecular weight is 374 g/mol. The maximum absolute atomic E-state index is 5.22. The van der Waals surface area contributed by atoms with Crippen molar-refractivity contribution >= 4 is 22.4 Å². The molecule has 0 aliphatic heterocycles. The Morgan fingerprint density at radius 1 is 0.889 bits per heavy atom. The highest BCUT2D eigenvalue weighted by Gasteiger charge is 2.24. The molecular weight excluding hydrogens is 354 g/mol. The van der Waals surface area contributed by atoms with Crippen LogP contribution in [0.2, 0.25) is 0 Å². The Labute approximate surface area is 162 Å². The molecule has 1 heterocycles. The van der Waals surface area contributed by atoms with Crippen molar-refractivity contribution in [3.8, 4) is 22.8 Å². The molecule has 4 rings (SSSR count). The van der Waals surface area contributed by atoms with Gasteiger partial charge in [0.05, 0.1) is 12.7 Å². The van der Waals surface area contributed by atoms with Crippen molar-refractivity contribution in [2.24, 2.45) is 0 Å². The zero-order valence-electron chi connectivity index (χ0n) is 15.2. The van der Waals surface area contributed by atoms with Crippen LogP contribution in [0.5, 0.6) is 5.75 Å². The van der Waals surface area contributed by atoms with E-state index in [0.29, 0.717) is 0 Å². The summed E-state index contributed by atoms with van der Waals surface area (Å²) in [5, 5.41) is 4.23. The number of aromatic nitrogens is 2. The van der Waals surface area contributed by atoms with Gasteiger partial charge in [-0.2, -0.15) is 0 Å². The van der Waals surface area contributed by atoms with Gasteiger partial charge in [0.1, 0.15) is 23.0 Å². The van der Waals surface area contributed by atoms with Gasteiger partial charge in [0, 0.05) is 5.69 Å². The van der Waals surface area contributed by atoms with Gasteiger partial charge in [-0.1, -0.05) is 35.9 Å². The minimum absolute atomic E-state index is 0.833. The molecule has 27 heavy (non-hydrogen) atoms. The first-order valence-corrected chi connectivity index (χ1v) is 9.47. The maximum atomic E-state index is 5.22. The molecule has 0 radical (unpaired) electrons. The van der Waals surface area contributed by atoms with Gasteiger partial charge >= 0.3 is 11.0 Å². The van der Waals surface area contributed by atoms with Crippen LogP contribution in [0, 0.1) is 6.92 Å². The van der Waals surface area contributed by atoms with Crippen LogP contribution < -0.4 is 14.0 Å². The van der Waals surface area contributed by atoms with Gasteiger partial charge in [0.15, 0.2) is 0 Å². The van der Waals surface area contributed by atoms with Crippen LogP contribution >= 0.6 is 11.5 Å². The molecule has 0 fully saturated rings. The molecule has 4 nitrogen and oxygen atoms in total. The molecular formula is C22H20N3OS+. The van der Waals surface area contributed by atoms with Crippen LogP contribution in [-0.4, -0.2) is 12.1 Å². The van der Waals surface area contributed by atoms with Crippen molar-refractivity contribution in [3.05, 3.63) is 84.4 Å². The Kier molecular flexibility index (Phi) is 4.85. The minimum atomic E-state index is 0.833. The van der Waals surface area contributed by atoms with E-state index in [1.807, 2.05) is 42.5 Å². The summed E-state index contributed by atoms with van der Waals surface area (Å²) in [7, 11) is 1.67. The fourth-order valence-electron chi connectivity index (χ4n) is 2.76. The summed E-state index contributed by atoms with van der Waals surface area (Å²) in [6.45, 7) is 2.09. The zero-order valence-corrected chi connectivity index (χ0v) is 16.0. The SMILES string of the molecule is COc1ccc(Nc2nc(-c3ccc(C)cc3)[n+](-c3ccccc3)s2)cc1. The van der Waals surface area contributed by atoms with Gasteiger partial charge in [-0.05, 0) is 60.4 Å². The fraction of sp³-hybridized carbons (Fsp3) is 0.0909. The highest BCUT2D eigenvalue weighted by molar-refractivity contribution is 7.06.